The van der Waals surface area contributed by atoms with E-state index in [1.165, 1.54) is 5.69 Å². The Balaban J connectivity index is 1.99. The molecule has 0 amide bonds. The van der Waals surface area contributed by atoms with Crippen LogP contribution in [0.25, 0.3) is 6.08 Å². The smallest absolute Gasteiger partial charge is 0.130 e. The molecule has 1 N–H and O–H groups in total. The minimum absolute atomic E-state index is 0.118. The van der Waals surface area contributed by atoms with Gasteiger partial charge >= 0.3 is 0 Å². The molecule has 1 aromatic rings. The van der Waals surface area contributed by atoms with Crippen molar-refractivity contribution < 1.29 is 5.11 Å². The van der Waals surface area contributed by atoms with Crippen LogP contribution in [0.3, 0.4) is 0 Å². The van der Waals surface area contributed by atoms with Crippen LogP contribution < -0.4 is 4.90 Å². The molecule has 0 unspecified atom stereocenters. The summed E-state index contributed by atoms with van der Waals surface area (Å²) in [6.45, 7) is 2.31. The third-order valence-electron chi connectivity index (χ3n) is 3.96. The number of aliphatic hydroxyl groups is 1. The van der Waals surface area contributed by atoms with Gasteiger partial charge in [0.25, 0.3) is 0 Å². The standard InChI is InChI=1S/C17H19N3O/c18-12-16(13-19)11-15-1-3-17(4-2-15)20-8-5-14(6-9-20)7-10-21/h1-4,11,14,21H,5-10H2. The molecule has 108 valence electrons. The van der Waals surface area contributed by atoms with Gasteiger partial charge in [0.15, 0.2) is 0 Å². The van der Waals surface area contributed by atoms with Gasteiger partial charge in [-0.25, -0.2) is 0 Å². The van der Waals surface area contributed by atoms with E-state index in [9.17, 15) is 0 Å². The topological polar surface area (TPSA) is 71.0 Å². The van der Waals surface area contributed by atoms with Crippen molar-refractivity contribution in [1.82, 2.24) is 0 Å². The van der Waals surface area contributed by atoms with E-state index in [0.29, 0.717) is 5.92 Å². The molecule has 21 heavy (non-hydrogen) atoms. The monoisotopic (exact) mass is 281 g/mol. The van der Waals surface area contributed by atoms with E-state index < -0.39 is 0 Å². The summed E-state index contributed by atoms with van der Waals surface area (Å²) >= 11 is 0. The molecule has 1 aliphatic rings. The van der Waals surface area contributed by atoms with E-state index in [1.807, 2.05) is 36.4 Å². The number of allylic oxidation sites excluding steroid dienone is 1. The third-order valence-corrected chi connectivity index (χ3v) is 3.96. The second-order valence-electron chi connectivity index (χ2n) is 5.32. The summed E-state index contributed by atoms with van der Waals surface area (Å²) in [7, 11) is 0. The average molecular weight is 281 g/mol. The van der Waals surface area contributed by atoms with Crippen LogP contribution in [0.4, 0.5) is 5.69 Å². The molecule has 0 aromatic heterocycles. The predicted molar refractivity (Wildman–Crippen MR) is 82.3 cm³/mol. The van der Waals surface area contributed by atoms with Gasteiger partial charge in [0.1, 0.15) is 17.7 Å². The zero-order valence-corrected chi connectivity index (χ0v) is 12.0. The first kappa shape index (κ1) is 15.1. The number of piperidine rings is 1. The number of benzene rings is 1. The van der Waals surface area contributed by atoms with Crippen LogP contribution in [0.2, 0.25) is 0 Å². The highest BCUT2D eigenvalue weighted by atomic mass is 16.3. The van der Waals surface area contributed by atoms with E-state index in [4.69, 9.17) is 15.6 Å². The van der Waals surface area contributed by atoms with Gasteiger partial charge in [0, 0.05) is 25.4 Å². The molecule has 1 heterocycles. The maximum absolute atomic E-state index is 8.98. The van der Waals surface area contributed by atoms with Crippen molar-refractivity contribution in [2.24, 2.45) is 5.92 Å². The largest absolute Gasteiger partial charge is 0.396 e. The lowest BCUT2D eigenvalue weighted by molar-refractivity contribution is 0.240. The highest BCUT2D eigenvalue weighted by molar-refractivity contribution is 5.64. The van der Waals surface area contributed by atoms with Crippen LogP contribution in [0.15, 0.2) is 29.8 Å². The molecular formula is C17H19N3O. The van der Waals surface area contributed by atoms with Gasteiger partial charge in [-0.2, -0.15) is 10.5 Å². The molecule has 0 radical (unpaired) electrons. The molecule has 0 aliphatic carbocycles. The summed E-state index contributed by atoms with van der Waals surface area (Å²) in [6, 6.07) is 11.7. The van der Waals surface area contributed by atoms with Gasteiger partial charge in [-0.15, -0.1) is 0 Å². The Morgan fingerprint density at radius 1 is 1.19 bits per heavy atom. The number of rotatable bonds is 4. The molecule has 4 nitrogen and oxygen atoms in total. The van der Waals surface area contributed by atoms with E-state index >= 15 is 0 Å². The van der Waals surface area contributed by atoms with Crippen LogP contribution in [0, 0.1) is 28.6 Å². The summed E-state index contributed by atoms with van der Waals surface area (Å²) in [5.74, 6) is 0.641. The molecule has 0 atom stereocenters. The number of aliphatic hydroxyl groups excluding tert-OH is 1. The van der Waals surface area contributed by atoms with E-state index in [0.717, 1.165) is 37.9 Å². The van der Waals surface area contributed by atoms with Gasteiger partial charge in [-0.1, -0.05) is 12.1 Å². The minimum atomic E-state index is 0.118. The van der Waals surface area contributed by atoms with Gasteiger partial charge in [-0.3, -0.25) is 0 Å². The lowest BCUT2D eigenvalue weighted by Crippen LogP contribution is -2.33. The first-order chi connectivity index (χ1) is 10.3. The second kappa shape index (κ2) is 7.47. The van der Waals surface area contributed by atoms with Gasteiger partial charge in [0.05, 0.1) is 0 Å². The zero-order chi connectivity index (χ0) is 15.1. The highest BCUT2D eigenvalue weighted by Crippen LogP contribution is 2.25. The fourth-order valence-corrected chi connectivity index (χ4v) is 2.70. The summed E-state index contributed by atoms with van der Waals surface area (Å²) in [5, 5.41) is 26.5. The van der Waals surface area contributed by atoms with Crippen molar-refractivity contribution in [2.45, 2.75) is 19.3 Å². The molecule has 1 fully saturated rings. The summed E-state index contributed by atoms with van der Waals surface area (Å²) in [5.41, 5.74) is 2.16. The molecule has 1 aromatic carbocycles. The molecule has 1 saturated heterocycles. The SMILES string of the molecule is N#CC(C#N)=Cc1ccc(N2CCC(CCO)CC2)cc1. The zero-order valence-electron chi connectivity index (χ0n) is 12.0. The van der Waals surface area contributed by atoms with Crippen molar-refractivity contribution >= 4 is 11.8 Å². The van der Waals surface area contributed by atoms with E-state index in [2.05, 4.69) is 4.90 Å². The quantitative estimate of drug-likeness (QED) is 0.861. The van der Waals surface area contributed by atoms with Crippen molar-refractivity contribution in [3.05, 3.63) is 35.4 Å². The van der Waals surface area contributed by atoms with E-state index in [-0.39, 0.29) is 12.2 Å². The summed E-state index contributed by atoms with van der Waals surface area (Å²) < 4.78 is 0. The van der Waals surface area contributed by atoms with Gasteiger partial charge < -0.3 is 10.0 Å². The van der Waals surface area contributed by atoms with E-state index in [1.54, 1.807) is 6.08 Å². The lowest BCUT2D eigenvalue weighted by Gasteiger charge is -2.33. The number of hydrogen-bond acceptors (Lipinski definition) is 4. The predicted octanol–water partition coefficient (Wildman–Crippen LogP) is 2.72. The maximum atomic E-state index is 8.98. The van der Waals surface area contributed by atoms with Gasteiger partial charge in [0.2, 0.25) is 0 Å². The molecule has 4 heteroatoms. The first-order valence-corrected chi connectivity index (χ1v) is 7.24. The minimum Gasteiger partial charge on any atom is -0.396 e. The van der Waals surface area contributed by atoms with Crippen LogP contribution in [-0.2, 0) is 0 Å². The Kier molecular flexibility index (Phi) is 5.37. The molecule has 2 rings (SSSR count). The Morgan fingerprint density at radius 2 is 1.81 bits per heavy atom. The fourth-order valence-electron chi connectivity index (χ4n) is 2.70. The number of anilines is 1. The van der Waals surface area contributed by atoms with Crippen molar-refractivity contribution in [1.29, 1.82) is 10.5 Å². The van der Waals surface area contributed by atoms with Crippen LogP contribution in [0.5, 0.6) is 0 Å². The highest BCUT2D eigenvalue weighted by Gasteiger charge is 2.18. The van der Waals surface area contributed by atoms with Crippen molar-refractivity contribution in [3.8, 4) is 12.1 Å². The summed E-state index contributed by atoms with van der Waals surface area (Å²) in [6.07, 6.45) is 4.74. The number of hydrogen-bond donors (Lipinski definition) is 1. The first-order valence-electron chi connectivity index (χ1n) is 7.24. The van der Waals surface area contributed by atoms with Crippen molar-refractivity contribution in [2.75, 3.05) is 24.6 Å². The van der Waals surface area contributed by atoms with Crippen LogP contribution in [0.1, 0.15) is 24.8 Å². The molecule has 0 saturated carbocycles. The Morgan fingerprint density at radius 3 is 2.33 bits per heavy atom. The Bertz CT molecular complexity index is 554. The van der Waals surface area contributed by atoms with Crippen molar-refractivity contribution in [3.63, 3.8) is 0 Å². The maximum Gasteiger partial charge on any atom is 0.130 e. The fraction of sp³-hybridized carbons (Fsp3) is 0.412. The van der Waals surface area contributed by atoms with Gasteiger partial charge in [-0.05, 0) is 49.0 Å². The summed E-state index contributed by atoms with van der Waals surface area (Å²) in [4.78, 5) is 2.34. The Hall–Kier alpha value is -2.30. The molecule has 0 bridgehead atoms. The van der Waals surface area contributed by atoms with Crippen LogP contribution in [-0.4, -0.2) is 24.8 Å². The third kappa shape index (κ3) is 4.08. The van der Waals surface area contributed by atoms with Crippen LogP contribution >= 0.6 is 0 Å². The average Bonchev–Trinajstić information content (AvgIpc) is 2.54. The molecule has 0 spiro atoms. The Labute approximate surface area is 125 Å². The molecular weight excluding hydrogens is 262 g/mol. The second-order valence-corrected chi connectivity index (χ2v) is 5.32. The number of nitriles is 2. The lowest BCUT2D eigenvalue weighted by atomic mass is 9.93. The number of nitrogens with zero attached hydrogens (tertiary/aromatic N) is 3. The normalized spacial score (nSPS) is 15.1. The molecule has 1 aliphatic heterocycles.